The Morgan fingerprint density at radius 3 is 2.33 bits per heavy atom. The number of H-pyrrole nitrogens is 1. The van der Waals surface area contributed by atoms with Crippen molar-refractivity contribution in [1.82, 2.24) is 25.4 Å². The van der Waals surface area contributed by atoms with E-state index in [2.05, 4.69) is 54.4 Å². The first-order valence-electron chi connectivity index (χ1n) is 15.6. The average molecular weight is 672 g/mol. The largest absolute Gasteiger partial charge is 0.444 e. The van der Waals surface area contributed by atoms with Gasteiger partial charge in [0.2, 0.25) is 5.89 Å². The van der Waals surface area contributed by atoms with Gasteiger partial charge in [0.05, 0.1) is 12.1 Å². The van der Waals surface area contributed by atoms with E-state index in [1.807, 2.05) is 43.9 Å². The van der Waals surface area contributed by atoms with Gasteiger partial charge < -0.3 is 18.9 Å². The van der Waals surface area contributed by atoms with E-state index >= 15 is 0 Å². The minimum Gasteiger partial charge on any atom is -0.444 e. The fourth-order valence-electron chi connectivity index (χ4n) is 5.26. The third kappa shape index (κ3) is 8.65. The Morgan fingerprint density at radius 2 is 1.78 bits per heavy atom. The molecule has 250 valence electrons. The molecule has 1 aromatic carbocycles. The highest BCUT2D eigenvalue weighted by molar-refractivity contribution is 6.74. The van der Waals surface area contributed by atoms with E-state index in [0.717, 1.165) is 17.5 Å². The maximum atomic E-state index is 13.9. The molecule has 11 nitrogen and oxygen atoms in total. The summed E-state index contributed by atoms with van der Waals surface area (Å²) in [5, 5.41) is 9.08. The van der Waals surface area contributed by atoms with Gasteiger partial charge in [0.1, 0.15) is 16.8 Å². The van der Waals surface area contributed by atoms with Crippen molar-refractivity contribution >= 4 is 31.9 Å². The number of halogens is 1. The summed E-state index contributed by atoms with van der Waals surface area (Å²) in [6.45, 7) is 18.3. The highest BCUT2D eigenvalue weighted by Gasteiger charge is 2.47. The topological polar surface area (TPSA) is 140 Å². The number of hydrogen-bond acceptors (Lipinski definition) is 8. The third-order valence-electron chi connectivity index (χ3n) is 8.67. The number of ether oxygens (including phenoxy) is 1. The van der Waals surface area contributed by atoms with Gasteiger partial charge in [-0.05, 0) is 88.9 Å². The van der Waals surface area contributed by atoms with Crippen LogP contribution in [0.15, 0.2) is 51.8 Å². The minimum atomic E-state index is -2.29. The molecule has 46 heavy (non-hydrogen) atoms. The predicted octanol–water partition coefficient (Wildman–Crippen LogP) is 6.98. The molecule has 4 atom stereocenters. The average Bonchev–Trinajstić information content (AvgIpc) is 3.57. The summed E-state index contributed by atoms with van der Waals surface area (Å²) in [7, 11) is -2.29. The lowest BCUT2D eigenvalue weighted by Crippen LogP contribution is -2.50. The van der Waals surface area contributed by atoms with Crippen LogP contribution in [0.25, 0.3) is 0 Å². The first-order valence-corrected chi connectivity index (χ1v) is 18.9. The van der Waals surface area contributed by atoms with Gasteiger partial charge in [0.25, 0.3) is 5.91 Å². The van der Waals surface area contributed by atoms with E-state index in [4.69, 9.17) is 25.2 Å². The van der Waals surface area contributed by atoms with E-state index in [1.54, 1.807) is 31.3 Å². The van der Waals surface area contributed by atoms with Crippen molar-refractivity contribution in [3.63, 3.8) is 0 Å². The van der Waals surface area contributed by atoms with Crippen LogP contribution >= 0.6 is 11.6 Å². The second-order valence-corrected chi connectivity index (χ2v) is 19.6. The normalized spacial score (nSPS) is 18.7. The number of nitrogens with zero attached hydrogens (tertiary/aromatic N) is 3. The molecule has 2 aromatic heterocycles. The van der Waals surface area contributed by atoms with Crippen molar-refractivity contribution < 1.29 is 23.2 Å². The van der Waals surface area contributed by atoms with Crippen molar-refractivity contribution in [1.29, 1.82) is 0 Å². The van der Waals surface area contributed by atoms with Crippen LogP contribution in [0.2, 0.25) is 23.3 Å². The van der Waals surface area contributed by atoms with Gasteiger partial charge in [-0.25, -0.2) is 19.7 Å². The molecule has 0 spiro atoms. The minimum absolute atomic E-state index is 0.0580. The summed E-state index contributed by atoms with van der Waals surface area (Å²) in [6.07, 6.45) is 2.96. The Labute approximate surface area is 276 Å². The predicted molar refractivity (Wildman–Crippen MR) is 178 cm³/mol. The van der Waals surface area contributed by atoms with Crippen molar-refractivity contribution in [2.75, 3.05) is 0 Å². The molecule has 3 unspecified atom stereocenters. The number of nitrogens with one attached hydrogen (secondary N) is 2. The molecule has 4 rings (SSSR count). The van der Waals surface area contributed by atoms with Gasteiger partial charge in [-0.15, -0.1) is 5.10 Å². The Hall–Kier alpha value is -3.48. The van der Waals surface area contributed by atoms with E-state index in [-0.39, 0.29) is 35.0 Å². The number of hydrogen-bond donors (Lipinski definition) is 2. The van der Waals surface area contributed by atoms with Gasteiger partial charge in [0, 0.05) is 23.4 Å². The third-order valence-corrected chi connectivity index (χ3v) is 13.3. The lowest BCUT2D eigenvalue weighted by Gasteiger charge is -2.43. The monoisotopic (exact) mass is 671 g/mol. The summed E-state index contributed by atoms with van der Waals surface area (Å²) >= 11 is 6.16. The van der Waals surface area contributed by atoms with Crippen molar-refractivity contribution in [2.24, 2.45) is 0 Å². The Balaban J connectivity index is 1.59. The van der Waals surface area contributed by atoms with E-state index in [0.29, 0.717) is 23.6 Å². The standard InChI is InChI=1S/C33H46ClN5O6Si/c1-20(29-37-38-30(41)43-29)36-28(40)22-12-10-21(11-13-22)18-24-15-16-25(39(24)31(42)44-32(2,3)4)27(23-14-17-26(34)35-19-23)45-46(8,9)33(5,6)7/h10-14,17,19-20,24-25,27H,15-16,18H2,1-9H3,(H,36,40)(H,38,41)/t20-,24?,25?,27?/m1/s1. The highest BCUT2D eigenvalue weighted by Crippen LogP contribution is 2.44. The fraction of sp³-hybridized carbons (Fsp3) is 0.545. The Morgan fingerprint density at radius 1 is 1.11 bits per heavy atom. The summed E-state index contributed by atoms with van der Waals surface area (Å²) in [5.74, 6) is -0.917. The highest BCUT2D eigenvalue weighted by atomic mass is 35.5. The molecule has 1 saturated heterocycles. The maximum Gasteiger partial charge on any atom is 0.434 e. The number of carbonyl (C=O) groups excluding carboxylic acids is 2. The van der Waals surface area contributed by atoms with Crippen LogP contribution in [-0.2, 0) is 15.6 Å². The zero-order valence-electron chi connectivity index (χ0n) is 28.1. The molecule has 3 heterocycles. The van der Waals surface area contributed by atoms with E-state index < -0.39 is 31.8 Å². The summed E-state index contributed by atoms with van der Waals surface area (Å²) in [5.41, 5.74) is 1.60. The van der Waals surface area contributed by atoms with Gasteiger partial charge in [0.15, 0.2) is 8.32 Å². The maximum absolute atomic E-state index is 13.9. The molecule has 0 saturated carbocycles. The van der Waals surface area contributed by atoms with Crippen LogP contribution in [0.5, 0.6) is 0 Å². The van der Waals surface area contributed by atoms with E-state index in [9.17, 15) is 14.4 Å². The summed E-state index contributed by atoms with van der Waals surface area (Å²) < 4.78 is 18.0. The van der Waals surface area contributed by atoms with Gasteiger partial charge in [-0.1, -0.05) is 50.6 Å². The lowest BCUT2D eigenvalue weighted by molar-refractivity contribution is -0.00244. The zero-order valence-corrected chi connectivity index (χ0v) is 29.9. The van der Waals surface area contributed by atoms with Crippen molar-refractivity contribution in [3.05, 3.63) is 80.9 Å². The SMILES string of the molecule is C[C@@H](NC(=O)c1ccc(CC2CCC(C(O[Si](C)(C)C(C)(C)C)c3ccc(Cl)nc3)N2C(=O)OC(C)(C)C)cc1)c1n[nH]c(=O)o1. The number of benzene rings is 1. The van der Waals surface area contributed by atoms with Gasteiger partial charge in [-0.3, -0.25) is 9.69 Å². The van der Waals surface area contributed by atoms with Crippen LogP contribution in [0.3, 0.4) is 0 Å². The second-order valence-electron chi connectivity index (χ2n) is 14.4. The molecule has 1 aliphatic heterocycles. The number of pyridine rings is 1. The van der Waals surface area contributed by atoms with Crippen LogP contribution in [0.1, 0.15) is 101 Å². The van der Waals surface area contributed by atoms with Crippen LogP contribution in [0, 0.1) is 0 Å². The van der Waals surface area contributed by atoms with Crippen molar-refractivity contribution in [2.45, 2.75) is 116 Å². The molecule has 3 aromatic rings. The number of rotatable bonds is 9. The fourth-order valence-corrected chi connectivity index (χ4v) is 6.65. The molecule has 13 heteroatoms. The lowest BCUT2D eigenvalue weighted by atomic mass is 10.0. The molecule has 2 N–H and O–H groups in total. The number of aromatic amines is 1. The molecule has 1 fully saturated rings. The molecule has 1 aliphatic rings. The molecule has 0 aliphatic carbocycles. The smallest absolute Gasteiger partial charge is 0.434 e. The summed E-state index contributed by atoms with van der Waals surface area (Å²) in [4.78, 5) is 44.3. The number of likely N-dealkylation sites (tertiary alicyclic amines) is 1. The molecular formula is C33H46ClN5O6Si. The second kappa shape index (κ2) is 13.7. The van der Waals surface area contributed by atoms with Crippen LogP contribution in [0.4, 0.5) is 4.79 Å². The van der Waals surface area contributed by atoms with Gasteiger partial charge in [-0.2, -0.15) is 0 Å². The van der Waals surface area contributed by atoms with Gasteiger partial charge >= 0.3 is 11.8 Å². The first kappa shape index (κ1) is 35.4. The first-order chi connectivity index (χ1) is 21.3. The molecule has 0 radical (unpaired) electrons. The van der Waals surface area contributed by atoms with Crippen LogP contribution in [-0.4, -0.2) is 58.1 Å². The number of aromatic nitrogens is 3. The number of carbonyl (C=O) groups is 2. The van der Waals surface area contributed by atoms with Crippen molar-refractivity contribution in [3.8, 4) is 0 Å². The van der Waals surface area contributed by atoms with E-state index in [1.165, 1.54) is 0 Å². The Kier molecular flexibility index (Phi) is 10.5. The quantitative estimate of drug-likeness (QED) is 0.184. The number of amides is 2. The summed E-state index contributed by atoms with van der Waals surface area (Å²) in [6, 6.07) is 9.91. The van der Waals surface area contributed by atoms with Crippen LogP contribution < -0.4 is 11.1 Å². The molecular weight excluding hydrogens is 626 g/mol. The zero-order chi connectivity index (χ0) is 34.0. The molecule has 0 bridgehead atoms. The molecule has 2 amide bonds. The Bertz CT molecular complexity index is 1560.